The third-order valence-electron chi connectivity index (χ3n) is 1.87. The molecule has 0 saturated heterocycles. The van der Waals surface area contributed by atoms with Crippen LogP contribution in [0.15, 0.2) is 11.1 Å². The second-order valence-corrected chi connectivity index (χ2v) is 5.68. The molecule has 1 aromatic rings. The summed E-state index contributed by atoms with van der Waals surface area (Å²) >= 11 is 0. The Morgan fingerprint density at radius 2 is 2.00 bits per heavy atom. The molecule has 0 aliphatic rings. The van der Waals surface area contributed by atoms with E-state index >= 15 is 0 Å². The molecule has 0 N–H and O–H groups in total. The highest BCUT2D eigenvalue weighted by Crippen LogP contribution is 2.37. The van der Waals surface area contributed by atoms with Crippen molar-refractivity contribution in [1.29, 1.82) is 0 Å². The molecule has 1 rings (SSSR count). The average molecular weight is 321 g/mol. The molecule has 0 aromatic carbocycles. The molecule has 1 aromatic heterocycles. The molecule has 0 aliphatic heterocycles. The van der Waals surface area contributed by atoms with Crippen LogP contribution in [0.3, 0.4) is 0 Å². The van der Waals surface area contributed by atoms with Gasteiger partial charge in [-0.25, -0.2) is 8.42 Å². The molecule has 0 aliphatic carbocycles. The number of halogens is 4. The molecule has 106 valence electrons. The smallest absolute Gasteiger partial charge is 0.396 e. The van der Waals surface area contributed by atoms with Crippen LogP contribution in [0.5, 0.6) is 5.75 Å². The van der Waals surface area contributed by atoms with Crippen molar-refractivity contribution < 1.29 is 31.2 Å². The van der Waals surface area contributed by atoms with Gasteiger partial charge in [0.15, 0.2) is 6.20 Å². The van der Waals surface area contributed by atoms with Gasteiger partial charge in [-0.15, -0.1) is 13.2 Å². The van der Waals surface area contributed by atoms with Crippen LogP contribution in [0.4, 0.5) is 19.0 Å². The number of aromatic nitrogens is 1. The predicted molar refractivity (Wildman–Crippen MR) is 55.4 cm³/mol. The fourth-order valence-electron chi connectivity index (χ4n) is 1.17. The second kappa shape index (κ2) is 4.81. The van der Waals surface area contributed by atoms with Gasteiger partial charge in [0.2, 0.25) is 5.75 Å². The van der Waals surface area contributed by atoms with Crippen LogP contribution >= 0.6 is 10.7 Å². The van der Waals surface area contributed by atoms with Crippen LogP contribution in [-0.2, 0) is 9.05 Å². The fraction of sp³-hybridized carbons (Fsp3) is 0.286. The maximum absolute atomic E-state index is 12.1. The zero-order chi connectivity index (χ0) is 15.0. The summed E-state index contributed by atoms with van der Waals surface area (Å²) in [6.45, 7) is 0.880. The van der Waals surface area contributed by atoms with E-state index in [0.717, 1.165) is 6.92 Å². The van der Waals surface area contributed by atoms with Gasteiger partial charge in [0.1, 0.15) is 4.90 Å². The van der Waals surface area contributed by atoms with Crippen molar-refractivity contribution in [2.24, 2.45) is 0 Å². The topological polar surface area (TPSA) is 99.4 Å². The van der Waals surface area contributed by atoms with E-state index in [2.05, 4.69) is 9.72 Å². The van der Waals surface area contributed by atoms with Gasteiger partial charge in [0.25, 0.3) is 9.05 Å². The minimum absolute atomic E-state index is 0.485. The van der Waals surface area contributed by atoms with Crippen molar-refractivity contribution in [2.45, 2.75) is 18.2 Å². The number of ether oxygens (including phenoxy) is 1. The Labute approximate surface area is 108 Å². The van der Waals surface area contributed by atoms with Gasteiger partial charge in [-0.1, -0.05) is 0 Å². The number of pyridine rings is 1. The number of nitro groups is 1. The number of alkyl halides is 3. The number of rotatable bonds is 3. The standard InChI is InChI=1S/C7H4ClF3N2O5S/c1-3-4(19(8,16)17)2-12-6(13(14)15)5(3)18-7(9,10)11/h2H,1H3. The summed E-state index contributed by atoms with van der Waals surface area (Å²) in [7, 11) is 0.550. The van der Waals surface area contributed by atoms with E-state index in [1.807, 2.05) is 0 Å². The largest absolute Gasteiger partial charge is 0.573 e. The van der Waals surface area contributed by atoms with Crippen molar-refractivity contribution >= 4 is 25.6 Å². The third kappa shape index (κ3) is 3.67. The molecule has 0 radical (unpaired) electrons. The lowest BCUT2D eigenvalue weighted by atomic mass is 10.2. The monoisotopic (exact) mass is 320 g/mol. The zero-order valence-electron chi connectivity index (χ0n) is 8.93. The molecule has 0 fully saturated rings. The first-order valence-corrected chi connectivity index (χ1v) is 6.59. The van der Waals surface area contributed by atoms with E-state index in [0.29, 0.717) is 6.20 Å². The number of hydrogen-bond donors (Lipinski definition) is 0. The average Bonchev–Trinajstić information content (AvgIpc) is 2.16. The van der Waals surface area contributed by atoms with Crippen molar-refractivity contribution in [3.63, 3.8) is 0 Å². The van der Waals surface area contributed by atoms with E-state index in [-0.39, 0.29) is 0 Å². The molecule has 0 amide bonds. The normalized spacial score (nSPS) is 12.3. The highest BCUT2D eigenvalue weighted by molar-refractivity contribution is 8.13. The fourth-order valence-corrected chi connectivity index (χ4v) is 2.27. The van der Waals surface area contributed by atoms with Gasteiger partial charge in [0, 0.05) is 16.2 Å². The van der Waals surface area contributed by atoms with E-state index in [4.69, 9.17) is 10.7 Å². The van der Waals surface area contributed by atoms with Gasteiger partial charge in [-0.2, -0.15) is 0 Å². The highest BCUT2D eigenvalue weighted by Gasteiger charge is 2.38. The van der Waals surface area contributed by atoms with E-state index < -0.39 is 42.4 Å². The Morgan fingerprint density at radius 1 is 1.47 bits per heavy atom. The first-order valence-electron chi connectivity index (χ1n) is 4.28. The van der Waals surface area contributed by atoms with Crippen molar-refractivity contribution in [3.05, 3.63) is 21.9 Å². The molecule has 0 unspecified atom stereocenters. The Kier molecular flexibility index (Phi) is 3.91. The lowest BCUT2D eigenvalue weighted by Crippen LogP contribution is -2.19. The van der Waals surface area contributed by atoms with Crippen molar-refractivity contribution in [1.82, 2.24) is 4.98 Å². The van der Waals surface area contributed by atoms with Crippen molar-refractivity contribution in [3.8, 4) is 5.75 Å². The molecule has 0 atom stereocenters. The molecular weight excluding hydrogens is 317 g/mol. The Balaban J connectivity index is 3.58. The van der Waals surface area contributed by atoms with E-state index in [1.165, 1.54) is 0 Å². The Bertz CT molecular complexity index is 630. The minimum atomic E-state index is -5.24. The molecule has 0 spiro atoms. The Morgan fingerprint density at radius 3 is 2.37 bits per heavy atom. The molecule has 12 heteroatoms. The summed E-state index contributed by atoms with van der Waals surface area (Å²) in [5, 5.41) is 10.5. The van der Waals surface area contributed by atoms with Gasteiger partial charge < -0.3 is 14.9 Å². The van der Waals surface area contributed by atoms with Crippen LogP contribution in [-0.4, -0.2) is 24.7 Å². The first-order chi connectivity index (χ1) is 8.43. The van der Waals surface area contributed by atoms with Gasteiger partial charge in [-0.05, 0) is 16.8 Å². The lowest BCUT2D eigenvalue weighted by Gasteiger charge is -2.11. The van der Waals surface area contributed by atoms with E-state index in [1.54, 1.807) is 0 Å². The molecular formula is C7H4ClF3N2O5S. The zero-order valence-corrected chi connectivity index (χ0v) is 10.5. The summed E-state index contributed by atoms with van der Waals surface area (Å²) in [6.07, 6.45) is -4.76. The molecule has 7 nitrogen and oxygen atoms in total. The van der Waals surface area contributed by atoms with Crippen molar-refractivity contribution in [2.75, 3.05) is 0 Å². The minimum Gasteiger partial charge on any atom is -0.396 e. The predicted octanol–water partition coefficient (Wildman–Crippen LogP) is 2.12. The van der Waals surface area contributed by atoms with Crippen LogP contribution in [0.25, 0.3) is 0 Å². The Hall–Kier alpha value is -1.62. The molecule has 0 saturated carbocycles. The number of nitrogens with zero attached hydrogens (tertiary/aromatic N) is 2. The summed E-state index contributed by atoms with van der Waals surface area (Å²) in [5.41, 5.74) is -0.658. The quantitative estimate of drug-likeness (QED) is 0.480. The lowest BCUT2D eigenvalue weighted by molar-refractivity contribution is -0.393. The molecule has 0 bridgehead atoms. The van der Waals surface area contributed by atoms with E-state index in [9.17, 15) is 31.7 Å². The second-order valence-electron chi connectivity index (χ2n) is 3.14. The third-order valence-corrected chi connectivity index (χ3v) is 3.31. The van der Waals surface area contributed by atoms with Gasteiger partial charge >= 0.3 is 12.2 Å². The SMILES string of the molecule is Cc1c(S(=O)(=O)Cl)cnc([N+](=O)[O-])c1OC(F)(F)F. The number of hydrogen-bond acceptors (Lipinski definition) is 6. The summed E-state index contributed by atoms with van der Waals surface area (Å²) < 4.78 is 62.0. The van der Waals surface area contributed by atoms with Crippen LogP contribution in [0.2, 0.25) is 0 Å². The maximum Gasteiger partial charge on any atom is 0.573 e. The molecule has 19 heavy (non-hydrogen) atoms. The van der Waals surface area contributed by atoms with Crippen LogP contribution in [0, 0.1) is 17.0 Å². The van der Waals surface area contributed by atoms with Crippen LogP contribution in [0.1, 0.15) is 5.56 Å². The summed E-state index contributed by atoms with van der Waals surface area (Å²) in [5.74, 6) is -2.59. The summed E-state index contributed by atoms with van der Waals surface area (Å²) in [6, 6.07) is 0. The van der Waals surface area contributed by atoms with Crippen LogP contribution < -0.4 is 4.74 Å². The highest BCUT2D eigenvalue weighted by atomic mass is 35.7. The maximum atomic E-state index is 12.1. The molecule has 1 heterocycles. The first kappa shape index (κ1) is 15.4. The van der Waals surface area contributed by atoms with Gasteiger partial charge in [-0.3, -0.25) is 0 Å². The summed E-state index contributed by atoms with van der Waals surface area (Å²) in [4.78, 5) is 11.5. The van der Waals surface area contributed by atoms with Gasteiger partial charge in [0.05, 0.1) is 0 Å².